The van der Waals surface area contributed by atoms with Crippen molar-refractivity contribution in [2.24, 2.45) is 0 Å². The Morgan fingerprint density at radius 2 is 1.85 bits per heavy atom. The van der Waals surface area contributed by atoms with Crippen LogP contribution in [0, 0.1) is 11.3 Å². The summed E-state index contributed by atoms with van der Waals surface area (Å²) in [5, 5.41) is 20.8. The lowest BCUT2D eigenvalue weighted by Gasteiger charge is -2.08. The fourth-order valence-corrected chi connectivity index (χ4v) is 2.19. The summed E-state index contributed by atoms with van der Waals surface area (Å²) >= 11 is 0. The van der Waals surface area contributed by atoms with Crippen LogP contribution in [0.15, 0.2) is 48.0 Å². The number of rotatable bonds is 6. The van der Waals surface area contributed by atoms with Gasteiger partial charge in [-0.3, -0.25) is 4.79 Å². The van der Waals surface area contributed by atoms with Gasteiger partial charge in [-0.15, -0.1) is 0 Å². The number of carboxylic acid groups (broad SMARTS) is 1. The zero-order valence-electron chi connectivity index (χ0n) is 14.1. The smallest absolute Gasteiger partial charge is 0.335 e. The number of carbonyl (C=O) groups excluding carboxylic acids is 1. The fraction of sp³-hybridized carbons (Fsp3) is 0.105. The Hall–Kier alpha value is -3.79. The molecule has 0 aliphatic carbocycles. The lowest BCUT2D eigenvalue weighted by atomic mass is 10.1. The quantitative estimate of drug-likeness (QED) is 0.611. The fourth-order valence-electron chi connectivity index (χ4n) is 2.19. The van der Waals surface area contributed by atoms with Crippen molar-refractivity contribution < 1.29 is 24.2 Å². The van der Waals surface area contributed by atoms with Gasteiger partial charge in [0.2, 0.25) is 0 Å². The van der Waals surface area contributed by atoms with E-state index in [-0.39, 0.29) is 16.8 Å². The third-order valence-electron chi connectivity index (χ3n) is 3.45. The van der Waals surface area contributed by atoms with Crippen molar-refractivity contribution in [1.82, 2.24) is 0 Å². The minimum atomic E-state index is -1.11. The van der Waals surface area contributed by atoms with Crippen molar-refractivity contribution in [3.63, 3.8) is 0 Å². The van der Waals surface area contributed by atoms with Crippen molar-refractivity contribution in [1.29, 1.82) is 5.26 Å². The summed E-state index contributed by atoms with van der Waals surface area (Å²) in [6.45, 7) is 0. The number of nitrogens with zero attached hydrogens (tertiary/aromatic N) is 1. The topological polar surface area (TPSA) is 109 Å². The standard InChI is InChI=1S/C19H16N2O5/c1-25-16-7-6-12(9-17(16)26-2)8-14(11-20)18(22)21-15-5-3-4-13(10-15)19(23)24/h3-10H,1-2H3,(H,21,22)(H,23,24). The van der Waals surface area contributed by atoms with Gasteiger partial charge < -0.3 is 19.9 Å². The number of benzene rings is 2. The summed E-state index contributed by atoms with van der Waals surface area (Å²) in [5.74, 6) is -0.765. The number of amides is 1. The maximum atomic E-state index is 12.3. The Kier molecular flexibility index (Phi) is 5.96. The van der Waals surface area contributed by atoms with Gasteiger partial charge in [-0.1, -0.05) is 12.1 Å². The predicted molar refractivity (Wildman–Crippen MR) is 95.2 cm³/mol. The van der Waals surface area contributed by atoms with Crippen LogP contribution in [0.1, 0.15) is 15.9 Å². The molecule has 0 fully saturated rings. The summed E-state index contributed by atoms with van der Waals surface area (Å²) in [6, 6.07) is 12.6. The molecule has 2 aromatic rings. The number of carbonyl (C=O) groups is 2. The van der Waals surface area contributed by atoms with E-state index in [9.17, 15) is 14.9 Å². The van der Waals surface area contributed by atoms with E-state index >= 15 is 0 Å². The van der Waals surface area contributed by atoms with Crippen LogP contribution in [-0.2, 0) is 4.79 Å². The number of carboxylic acids is 1. The average Bonchev–Trinajstić information content (AvgIpc) is 2.65. The number of aromatic carboxylic acids is 1. The van der Waals surface area contributed by atoms with Crippen molar-refractivity contribution in [2.45, 2.75) is 0 Å². The average molecular weight is 352 g/mol. The van der Waals surface area contributed by atoms with Crippen LogP contribution in [-0.4, -0.2) is 31.2 Å². The molecule has 1 amide bonds. The van der Waals surface area contributed by atoms with Crippen LogP contribution < -0.4 is 14.8 Å². The van der Waals surface area contributed by atoms with Crippen LogP contribution in [0.3, 0.4) is 0 Å². The van der Waals surface area contributed by atoms with Crippen LogP contribution in [0.25, 0.3) is 6.08 Å². The lowest BCUT2D eigenvalue weighted by Crippen LogP contribution is -2.14. The molecule has 2 N–H and O–H groups in total. The zero-order chi connectivity index (χ0) is 19.1. The number of anilines is 1. The van der Waals surface area contributed by atoms with Crippen LogP contribution >= 0.6 is 0 Å². The molecule has 132 valence electrons. The molecular weight excluding hydrogens is 336 g/mol. The molecule has 0 saturated carbocycles. The molecule has 7 heteroatoms. The molecule has 0 atom stereocenters. The number of methoxy groups -OCH3 is 2. The Balaban J connectivity index is 2.26. The first kappa shape index (κ1) is 18.5. The second-order valence-corrected chi connectivity index (χ2v) is 5.12. The van der Waals surface area contributed by atoms with Gasteiger partial charge in [0, 0.05) is 5.69 Å². The van der Waals surface area contributed by atoms with E-state index in [1.165, 1.54) is 44.6 Å². The molecule has 0 unspecified atom stereocenters. The molecular formula is C19H16N2O5. The molecule has 7 nitrogen and oxygen atoms in total. The highest BCUT2D eigenvalue weighted by atomic mass is 16.5. The molecule has 0 spiro atoms. The van der Waals surface area contributed by atoms with E-state index in [1.807, 2.05) is 6.07 Å². The lowest BCUT2D eigenvalue weighted by molar-refractivity contribution is -0.112. The number of nitriles is 1. The maximum Gasteiger partial charge on any atom is 0.335 e. The van der Waals surface area contributed by atoms with Crippen molar-refractivity contribution in [3.8, 4) is 17.6 Å². The summed E-state index contributed by atoms with van der Waals surface area (Å²) in [6.07, 6.45) is 1.40. The normalized spacial score (nSPS) is 10.6. The Morgan fingerprint density at radius 3 is 2.46 bits per heavy atom. The van der Waals surface area contributed by atoms with Crippen molar-refractivity contribution >= 4 is 23.6 Å². The maximum absolute atomic E-state index is 12.3. The predicted octanol–water partition coefficient (Wildman–Crippen LogP) is 2.95. The van der Waals surface area contributed by atoms with Gasteiger partial charge in [0.1, 0.15) is 11.6 Å². The molecule has 2 rings (SSSR count). The van der Waals surface area contributed by atoms with E-state index < -0.39 is 11.9 Å². The minimum absolute atomic E-state index is 0.0326. The van der Waals surface area contributed by atoms with Gasteiger partial charge in [-0.05, 0) is 42.0 Å². The van der Waals surface area contributed by atoms with Crippen molar-refractivity contribution in [2.75, 3.05) is 19.5 Å². The number of nitrogens with one attached hydrogen (secondary N) is 1. The van der Waals surface area contributed by atoms with E-state index in [2.05, 4.69) is 5.32 Å². The molecule has 26 heavy (non-hydrogen) atoms. The second kappa shape index (κ2) is 8.35. The summed E-state index contributed by atoms with van der Waals surface area (Å²) in [7, 11) is 2.99. The van der Waals surface area contributed by atoms with Gasteiger partial charge in [0.05, 0.1) is 19.8 Å². The molecule has 2 aromatic carbocycles. The van der Waals surface area contributed by atoms with Gasteiger partial charge >= 0.3 is 5.97 Å². The summed E-state index contributed by atoms with van der Waals surface area (Å²) in [5.41, 5.74) is 0.750. The highest BCUT2D eigenvalue weighted by molar-refractivity contribution is 6.10. The zero-order valence-corrected chi connectivity index (χ0v) is 14.1. The monoisotopic (exact) mass is 352 g/mol. The Morgan fingerprint density at radius 1 is 1.12 bits per heavy atom. The third-order valence-corrected chi connectivity index (χ3v) is 3.45. The van der Waals surface area contributed by atoms with E-state index in [0.717, 1.165) is 0 Å². The molecule has 0 bridgehead atoms. The van der Waals surface area contributed by atoms with E-state index in [1.54, 1.807) is 18.2 Å². The molecule has 0 radical (unpaired) electrons. The highest BCUT2D eigenvalue weighted by Crippen LogP contribution is 2.28. The van der Waals surface area contributed by atoms with Gasteiger partial charge in [-0.25, -0.2) is 4.79 Å². The van der Waals surface area contributed by atoms with Gasteiger partial charge in [-0.2, -0.15) is 5.26 Å². The number of ether oxygens (including phenoxy) is 2. The van der Waals surface area contributed by atoms with Crippen LogP contribution in [0.4, 0.5) is 5.69 Å². The molecule has 0 heterocycles. The Bertz CT molecular complexity index is 912. The Labute approximate surface area is 150 Å². The first-order valence-electron chi connectivity index (χ1n) is 7.47. The van der Waals surface area contributed by atoms with E-state index in [4.69, 9.17) is 14.6 Å². The number of hydrogen-bond donors (Lipinski definition) is 2. The minimum Gasteiger partial charge on any atom is -0.493 e. The third kappa shape index (κ3) is 4.39. The highest BCUT2D eigenvalue weighted by Gasteiger charge is 2.12. The first-order chi connectivity index (χ1) is 12.5. The van der Waals surface area contributed by atoms with Gasteiger partial charge in [0.15, 0.2) is 11.5 Å². The first-order valence-corrected chi connectivity index (χ1v) is 7.47. The largest absolute Gasteiger partial charge is 0.493 e. The van der Waals surface area contributed by atoms with Crippen LogP contribution in [0.5, 0.6) is 11.5 Å². The van der Waals surface area contributed by atoms with Crippen molar-refractivity contribution in [3.05, 3.63) is 59.2 Å². The molecule has 0 aliphatic rings. The van der Waals surface area contributed by atoms with E-state index in [0.29, 0.717) is 17.1 Å². The molecule has 0 aliphatic heterocycles. The van der Waals surface area contributed by atoms with Crippen LogP contribution in [0.2, 0.25) is 0 Å². The number of hydrogen-bond acceptors (Lipinski definition) is 5. The molecule has 0 saturated heterocycles. The van der Waals surface area contributed by atoms with Gasteiger partial charge in [0.25, 0.3) is 5.91 Å². The summed E-state index contributed by atoms with van der Waals surface area (Å²) < 4.78 is 10.3. The summed E-state index contributed by atoms with van der Waals surface area (Å²) in [4.78, 5) is 23.3. The second-order valence-electron chi connectivity index (χ2n) is 5.12. The molecule has 0 aromatic heterocycles. The SMILES string of the molecule is COc1ccc(C=C(C#N)C(=O)Nc2cccc(C(=O)O)c2)cc1OC.